The van der Waals surface area contributed by atoms with Crippen LogP contribution in [0, 0.1) is 5.92 Å². The normalized spacial score (nSPS) is 18.1. The Kier molecular flexibility index (Phi) is 7.31. The molecule has 14 heteroatoms. The van der Waals surface area contributed by atoms with Crippen LogP contribution in [0.15, 0.2) is 54.9 Å². The Morgan fingerprint density at radius 2 is 1.97 bits per heavy atom. The summed E-state index contributed by atoms with van der Waals surface area (Å²) in [5.41, 5.74) is 5.95. The molecule has 10 nitrogen and oxygen atoms in total. The molecule has 1 saturated heterocycles. The fourth-order valence-electron chi connectivity index (χ4n) is 4.26. The molecule has 3 atom stereocenters. The maximum Gasteiger partial charge on any atom is 0.412 e. The van der Waals surface area contributed by atoms with Gasteiger partial charge in [-0.1, -0.05) is 23.7 Å². The van der Waals surface area contributed by atoms with E-state index in [2.05, 4.69) is 10.1 Å². The average molecular weight is 550 g/mol. The fraction of sp³-hybridized carbons (Fsp3) is 0.292. The summed E-state index contributed by atoms with van der Waals surface area (Å²) in [7, 11) is 3.04. The maximum atomic E-state index is 13.9. The number of alkyl halides is 3. The van der Waals surface area contributed by atoms with Gasteiger partial charge >= 0.3 is 12.2 Å². The lowest BCUT2D eigenvalue weighted by atomic mass is 9.81. The van der Waals surface area contributed by atoms with E-state index in [1.54, 1.807) is 25.4 Å². The SMILES string of the molecule is CN(C(=O)[C@@H]1[C@@H](Cc2ccnc(N)c2)C(=O)N1C(=O)NC(c1cccc(Cl)c1)C(F)(F)F)c1ccn(C)n1. The van der Waals surface area contributed by atoms with Crippen LogP contribution in [0.3, 0.4) is 0 Å². The zero-order valence-electron chi connectivity index (χ0n) is 20.2. The number of likely N-dealkylation sites (tertiary alicyclic amines) is 1. The standard InChI is InChI=1S/C24H23ClF3N7O3/c1-33-9-7-18(32-33)34(2)22(37)19-16(10-13-6-8-30-17(29)11-13)21(36)35(19)23(38)31-20(24(26,27)28)14-4-3-5-15(25)12-14/h3-9,11-12,16,19-20H,10H2,1-2H3,(H2,29,30)(H,31,38)/t16-,19+,20?/m1/s1. The first-order valence-electron chi connectivity index (χ1n) is 11.3. The van der Waals surface area contributed by atoms with Crippen LogP contribution in [-0.4, -0.2) is 56.8 Å². The number of nitrogens with zero attached hydrogens (tertiary/aromatic N) is 5. The number of carbonyl (C=O) groups excluding carboxylic acids is 3. The molecule has 2 aromatic heterocycles. The van der Waals surface area contributed by atoms with Crippen molar-refractivity contribution in [2.75, 3.05) is 17.7 Å². The second-order valence-electron chi connectivity index (χ2n) is 8.78. The summed E-state index contributed by atoms with van der Waals surface area (Å²) < 4.78 is 43.2. The van der Waals surface area contributed by atoms with Crippen LogP contribution in [0.1, 0.15) is 17.2 Å². The van der Waals surface area contributed by atoms with Gasteiger partial charge in [-0.15, -0.1) is 0 Å². The van der Waals surface area contributed by atoms with Crippen molar-refractivity contribution >= 4 is 41.1 Å². The number of aryl methyl sites for hydroxylation is 1. The van der Waals surface area contributed by atoms with Gasteiger partial charge in [-0.2, -0.15) is 18.3 Å². The van der Waals surface area contributed by atoms with Gasteiger partial charge in [0, 0.05) is 37.6 Å². The number of nitrogen functional groups attached to an aromatic ring is 1. The van der Waals surface area contributed by atoms with Gasteiger partial charge in [-0.25, -0.2) is 9.78 Å². The fourth-order valence-corrected chi connectivity index (χ4v) is 4.46. The molecule has 1 aromatic carbocycles. The summed E-state index contributed by atoms with van der Waals surface area (Å²) in [4.78, 5) is 45.3. The molecule has 0 aliphatic carbocycles. The highest BCUT2D eigenvalue weighted by molar-refractivity contribution is 6.30. The summed E-state index contributed by atoms with van der Waals surface area (Å²) >= 11 is 5.85. The first kappa shape index (κ1) is 26.9. The van der Waals surface area contributed by atoms with E-state index in [4.69, 9.17) is 17.3 Å². The number of benzene rings is 1. The van der Waals surface area contributed by atoms with Crippen molar-refractivity contribution in [3.63, 3.8) is 0 Å². The number of urea groups is 1. The van der Waals surface area contributed by atoms with Crippen LogP contribution in [0.4, 0.5) is 29.6 Å². The number of imide groups is 1. The smallest absolute Gasteiger partial charge is 0.384 e. The Bertz CT molecular complexity index is 1380. The van der Waals surface area contributed by atoms with E-state index in [0.29, 0.717) is 10.5 Å². The number of amides is 4. The highest BCUT2D eigenvalue weighted by Gasteiger charge is 2.56. The minimum Gasteiger partial charge on any atom is -0.384 e. The molecule has 1 unspecified atom stereocenters. The van der Waals surface area contributed by atoms with Crippen LogP contribution in [-0.2, 0) is 23.1 Å². The van der Waals surface area contributed by atoms with Crippen molar-refractivity contribution < 1.29 is 27.6 Å². The molecular weight excluding hydrogens is 527 g/mol. The van der Waals surface area contributed by atoms with Crippen molar-refractivity contribution in [1.29, 1.82) is 0 Å². The van der Waals surface area contributed by atoms with E-state index in [1.165, 1.54) is 36.1 Å². The molecular formula is C24H23ClF3N7O3. The number of anilines is 2. The maximum absolute atomic E-state index is 13.9. The summed E-state index contributed by atoms with van der Waals surface area (Å²) in [5.74, 6) is -2.12. The van der Waals surface area contributed by atoms with E-state index >= 15 is 0 Å². The minimum absolute atomic E-state index is 0.0127. The van der Waals surface area contributed by atoms with Gasteiger partial charge in [0.1, 0.15) is 11.9 Å². The van der Waals surface area contributed by atoms with Crippen molar-refractivity contribution in [1.82, 2.24) is 25.0 Å². The lowest BCUT2D eigenvalue weighted by Crippen LogP contribution is -2.71. The number of β-lactam (4-membered cyclic amide) rings is 1. The predicted octanol–water partition coefficient (Wildman–Crippen LogP) is 3.10. The molecule has 0 saturated carbocycles. The zero-order chi connectivity index (χ0) is 27.8. The number of aromatic nitrogens is 3. The number of pyridine rings is 1. The molecule has 1 aliphatic heterocycles. The quantitative estimate of drug-likeness (QED) is 0.455. The summed E-state index contributed by atoms with van der Waals surface area (Å²) in [6, 6.07) is 4.33. The van der Waals surface area contributed by atoms with Gasteiger partial charge in [-0.05, 0) is 41.8 Å². The van der Waals surface area contributed by atoms with Crippen LogP contribution in [0.2, 0.25) is 5.02 Å². The van der Waals surface area contributed by atoms with E-state index in [1.807, 2.05) is 5.32 Å². The van der Waals surface area contributed by atoms with Gasteiger partial charge in [0.05, 0.1) is 5.92 Å². The predicted molar refractivity (Wildman–Crippen MR) is 132 cm³/mol. The molecule has 0 bridgehead atoms. The Labute approximate surface area is 220 Å². The molecule has 38 heavy (non-hydrogen) atoms. The van der Waals surface area contributed by atoms with E-state index < -0.39 is 42.0 Å². The highest BCUT2D eigenvalue weighted by Crippen LogP contribution is 2.36. The van der Waals surface area contributed by atoms with Gasteiger partial charge in [-0.3, -0.25) is 24.1 Å². The van der Waals surface area contributed by atoms with Gasteiger partial charge in [0.15, 0.2) is 11.9 Å². The number of halogens is 4. The highest BCUT2D eigenvalue weighted by atomic mass is 35.5. The third kappa shape index (κ3) is 5.42. The van der Waals surface area contributed by atoms with Crippen LogP contribution in [0.25, 0.3) is 0 Å². The molecule has 0 radical (unpaired) electrons. The van der Waals surface area contributed by atoms with Gasteiger partial charge in [0.2, 0.25) is 5.91 Å². The number of nitrogens with two attached hydrogens (primary N) is 1. The molecule has 4 rings (SSSR count). The number of nitrogens with one attached hydrogen (secondary N) is 1. The monoisotopic (exact) mass is 549 g/mol. The average Bonchev–Trinajstić information content (AvgIpc) is 3.28. The Morgan fingerprint density at radius 3 is 2.58 bits per heavy atom. The lowest BCUT2D eigenvalue weighted by molar-refractivity contribution is -0.162. The van der Waals surface area contributed by atoms with Gasteiger partial charge in [0.25, 0.3) is 5.91 Å². The largest absolute Gasteiger partial charge is 0.412 e. The number of likely N-dealkylation sites (N-methyl/N-ethyl adjacent to an activating group) is 1. The number of hydrogen-bond donors (Lipinski definition) is 2. The Balaban J connectivity index is 1.64. The van der Waals surface area contributed by atoms with Crippen LogP contribution in [0.5, 0.6) is 0 Å². The second kappa shape index (κ2) is 10.3. The molecule has 1 aliphatic rings. The van der Waals surface area contributed by atoms with Crippen molar-refractivity contribution in [2.24, 2.45) is 13.0 Å². The first-order chi connectivity index (χ1) is 17.9. The first-order valence-corrected chi connectivity index (χ1v) is 11.7. The Morgan fingerprint density at radius 1 is 1.24 bits per heavy atom. The Hall–Kier alpha value is -4.13. The summed E-state index contributed by atoms with van der Waals surface area (Å²) in [6.07, 6.45) is -1.88. The molecule has 1 fully saturated rings. The topological polar surface area (TPSA) is 126 Å². The molecule has 0 spiro atoms. The zero-order valence-corrected chi connectivity index (χ0v) is 20.9. The minimum atomic E-state index is -4.91. The van der Waals surface area contributed by atoms with E-state index in [-0.39, 0.29) is 28.6 Å². The molecule has 3 heterocycles. The van der Waals surface area contributed by atoms with E-state index in [9.17, 15) is 27.6 Å². The number of carbonyl (C=O) groups is 3. The van der Waals surface area contributed by atoms with Crippen LogP contribution < -0.4 is 16.0 Å². The summed E-state index contributed by atoms with van der Waals surface area (Å²) in [6.45, 7) is 0. The molecule has 3 N–H and O–H groups in total. The second-order valence-corrected chi connectivity index (χ2v) is 9.21. The molecule has 4 amide bonds. The third-order valence-corrected chi connectivity index (χ3v) is 6.37. The number of rotatable bonds is 6. The summed E-state index contributed by atoms with van der Waals surface area (Å²) in [5, 5.41) is 6.03. The van der Waals surface area contributed by atoms with Crippen molar-refractivity contribution in [3.05, 3.63) is 71.0 Å². The van der Waals surface area contributed by atoms with Crippen molar-refractivity contribution in [2.45, 2.75) is 24.7 Å². The van der Waals surface area contributed by atoms with Crippen LogP contribution >= 0.6 is 11.6 Å². The van der Waals surface area contributed by atoms with Gasteiger partial charge < -0.3 is 11.1 Å². The number of hydrogen-bond acceptors (Lipinski definition) is 6. The third-order valence-electron chi connectivity index (χ3n) is 6.14. The lowest BCUT2D eigenvalue weighted by Gasteiger charge is -2.45. The molecule has 200 valence electrons. The molecule has 3 aromatic rings. The van der Waals surface area contributed by atoms with E-state index in [0.717, 1.165) is 17.0 Å². The van der Waals surface area contributed by atoms with Crippen molar-refractivity contribution in [3.8, 4) is 0 Å².